The molecule has 3 nitrogen and oxygen atoms in total. The molecule has 19 heavy (non-hydrogen) atoms. The van der Waals surface area contributed by atoms with Crippen molar-refractivity contribution in [2.45, 2.75) is 0 Å². The van der Waals surface area contributed by atoms with Gasteiger partial charge in [-0.3, -0.25) is 4.79 Å². The lowest BCUT2D eigenvalue weighted by atomic mass is 10.0. The lowest BCUT2D eigenvalue weighted by Crippen LogP contribution is -2.48. The van der Waals surface area contributed by atoms with Crippen LogP contribution in [0.25, 0.3) is 11.1 Å². The van der Waals surface area contributed by atoms with Gasteiger partial charge in [0.1, 0.15) is 0 Å². The smallest absolute Gasteiger partial charge is 0.261 e. The van der Waals surface area contributed by atoms with Crippen LogP contribution in [0.2, 0.25) is 0 Å². The molecular formula is C15H16N2OS. The van der Waals surface area contributed by atoms with E-state index < -0.39 is 0 Å². The second-order valence-electron chi connectivity index (χ2n) is 4.76. The molecule has 0 aliphatic carbocycles. The number of hydrogen-bond acceptors (Lipinski definition) is 3. The van der Waals surface area contributed by atoms with Gasteiger partial charge in [0.05, 0.1) is 4.88 Å². The average molecular weight is 272 g/mol. The van der Waals surface area contributed by atoms with Crippen LogP contribution in [-0.4, -0.2) is 25.5 Å². The molecule has 2 N–H and O–H groups in total. The molecule has 1 saturated heterocycles. The summed E-state index contributed by atoms with van der Waals surface area (Å²) in [7, 11) is 0. The van der Waals surface area contributed by atoms with Crippen molar-refractivity contribution in [1.82, 2.24) is 10.6 Å². The predicted octanol–water partition coefficient (Wildman–Crippen LogP) is 2.36. The molecule has 98 valence electrons. The lowest BCUT2D eigenvalue weighted by Gasteiger charge is -2.27. The number of carbonyl (C=O) groups is 1. The predicted molar refractivity (Wildman–Crippen MR) is 78.4 cm³/mol. The van der Waals surface area contributed by atoms with Gasteiger partial charge >= 0.3 is 0 Å². The van der Waals surface area contributed by atoms with E-state index in [-0.39, 0.29) is 5.91 Å². The highest BCUT2D eigenvalue weighted by Gasteiger charge is 2.19. The van der Waals surface area contributed by atoms with E-state index in [2.05, 4.69) is 10.6 Å². The Balaban J connectivity index is 1.74. The molecule has 3 rings (SSSR count). The molecule has 0 unspecified atom stereocenters. The first-order valence-electron chi connectivity index (χ1n) is 6.46. The molecule has 1 aliphatic rings. The van der Waals surface area contributed by atoms with Crippen molar-refractivity contribution in [3.63, 3.8) is 0 Å². The molecular weight excluding hydrogens is 256 g/mol. The topological polar surface area (TPSA) is 41.1 Å². The number of amides is 1. The summed E-state index contributed by atoms with van der Waals surface area (Å²) >= 11 is 1.50. The van der Waals surface area contributed by atoms with Crippen molar-refractivity contribution in [2.24, 2.45) is 5.92 Å². The summed E-state index contributed by atoms with van der Waals surface area (Å²) in [4.78, 5) is 13.0. The summed E-state index contributed by atoms with van der Waals surface area (Å²) in [6, 6.07) is 12.1. The number of benzene rings is 1. The minimum atomic E-state index is 0.0424. The van der Waals surface area contributed by atoms with Gasteiger partial charge < -0.3 is 10.6 Å². The fourth-order valence-electron chi connectivity index (χ4n) is 2.14. The van der Waals surface area contributed by atoms with Gasteiger partial charge in [-0.05, 0) is 17.0 Å². The second kappa shape index (κ2) is 5.55. The maximum atomic E-state index is 12.2. The normalized spacial score (nSPS) is 14.9. The fourth-order valence-corrected chi connectivity index (χ4v) is 2.97. The van der Waals surface area contributed by atoms with E-state index in [4.69, 9.17) is 0 Å². The number of rotatable bonds is 4. The van der Waals surface area contributed by atoms with E-state index in [1.54, 1.807) is 0 Å². The molecule has 0 saturated carbocycles. The van der Waals surface area contributed by atoms with E-state index in [9.17, 15) is 4.79 Å². The minimum Gasteiger partial charge on any atom is -0.351 e. The van der Waals surface area contributed by atoms with Gasteiger partial charge in [0.25, 0.3) is 5.91 Å². The summed E-state index contributed by atoms with van der Waals surface area (Å²) in [5.41, 5.74) is 2.12. The summed E-state index contributed by atoms with van der Waals surface area (Å²) in [5, 5.41) is 8.21. The van der Waals surface area contributed by atoms with Crippen molar-refractivity contribution in [1.29, 1.82) is 0 Å². The quantitative estimate of drug-likeness (QED) is 0.897. The molecule has 1 fully saturated rings. The van der Waals surface area contributed by atoms with Gasteiger partial charge in [-0.25, -0.2) is 0 Å². The number of nitrogens with one attached hydrogen (secondary N) is 2. The van der Waals surface area contributed by atoms with Crippen LogP contribution in [0.3, 0.4) is 0 Å². The highest BCUT2D eigenvalue weighted by Crippen LogP contribution is 2.28. The van der Waals surface area contributed by atoms with Crippen LogP contribution in [-0.2, 0) is 0 Å². The number of thiophene rings is 1. The maximum absolute atomic E-state index is 12.2. The van der Waals surface area contributed by atoms with E-state index in [1.807, 2.05) is 41.8 Å². The Hall–Kier alpha value is -1.65. The van der Waals surface area contributed by atoms with Gasteiger partial charge in [-0.15, -0.1) is 11.3 Å². The third-order valence-electron chi connectivity index (χ3n) is 3.37. The number of carbonyl (C=O) groups excluding carboxylic acids is 1. The van der Waals surface area contributed by atoms with Crippen LogP contribution in [0.4, 0.5) is 0 Å². The standard InChI is InChI=1S/C15H16N2OS/c18-15(17-10-11-8-16-9-11)14-13(6-7-19-14)12-4-2-1-3-5-12/h1-7,11,16H,8-10H2,(H,17,18). The SMILES string of the molecule is O=C(NCC1CNC1)c1sccc1-c1ccccc1. The molecule has 2 heterocycles. The first kappa shape index (κ1) is 12.4. The van der Waals surface area contributed by atoms with Crippen LogP contribution in [0, 0.1) is 5.92 Å². The highest BCUT2D eigenvalue weighted by atomic mass is 32.1. The van der Waals surface area contributed by atoms with Gasteiger partial charge in [0, 0.05) is 31.1 Å². The Morgan fingerprint density at radius 3 is 2.74 bits per heavy atom. The Labute approximate surface area is 116 Å². The van der Waals surface area contributed by atoms with Crippen molar-refractivity contribution < 1.29 is 4.79 Å². The molecule has 0 radical (unpaired) electrons. The third kappa shape index (κ3) is 2.69. The van der Waals surface area contributed by atoms with Crippen LogP contribution in [0.1, 0.15) is 9.67 Å². The van der Waals surface area contributed by atoms with E-state index in [0.717, 1.165) is 35.6 Å². The van der Waals surface area contributed by atoms with Crippen LogP contribution >= 0.6 is 11.3 Å². The molecule has 1 aromatic carbocycles. The van der Waals surface area contributed by atoms with Gasteiger partial charge in [0.2, 0.25) is 0 Å². The zero-order valence-electron chi connectivity index (χ0n) is 10.6. The van der Waals surface area contributed by atoms with Crippen molar-refractivity contribution in [2.75, 3.05) is 19.6 Å². The average Bonchev–Trinajstić information content (AvgIpc) is 2.87. The summed E-state index contributed by atoms with van der Waals surface area (Å²) in [6.45, 7) is 2.78. The summed E-state index contributed by atoms with van der Waals surface area (Å²) in [5.74, 6) is 0.629. The Bertz CT molecular complexity index is 561. The van der Waals surface area contributed by atoms with Crippen molar-refractivity contribution in [3.8, 4) is 11.1 Å². The Kier molecular flexibility index (Phi) is 3.62. The van der Waals surface area contributed by atoms with Gasteiger partial charge in [-0.2, -0.15) is 0 Å². The first-order valence-corrected chi connectivity index (χ1v) is 7.34. The van der Waals surface area contributed by atoms with Crippen LogP contribution in [0.15, 0.2) is 41.8 Å². The third-order valence-corrected chi connectivity index (χ3v) is 4.29. The van der Waals surface area contributed by atoms with Gasteiger partial charge in [0.15, 0.2) is 0 Å². The van der Waals surface area contributed by atoms with Crippen LogP contribution < -0.4 is 10.6 Å². The van der Waals surface area contributed by atoms with E-state index >= 15 is 0 Å². The van der Waals surface area contributed by atoms with E-state index in [0.29, 0.717) is 5.92 Å². The molecule has 4 heteroatoms. The molecule has 1 aliphatic heterocycles. The molecule has 1 aromatic heterocycles. The van der Waals surface area contributed by atoms with Crippen molar-refractivity contribution in [3.05, 3.63) is 46.7 Å². The first-order chi connectivity index (χ1) is 9.34. The monoisotopic (exact) mass is 272 g/mol. The lowest BCUT2D eigenvalue weighted by molar-refractivity contribution is 0.0947. The molecule has 0 spiro atoms. The molecule has 0 atom stereocenters. The summed E-state index contributed by atoms with van der Waals surface area (Å²) < 4.78 is 0. The molecule has 2 aromatic rings. The zero-order chi connectivity index (χ0) is 13.1. The second-order valence-corrected chi connectivity index (χ2v) is 5.68. The number of hydrogen-bond donors (Lipinski definition) is 2. The minimum absolute atomic E-state index is 0.0424. The molecule has 1 amide bonds. The fraction of sp³-hybridized carbons (Fsp3) is 0.267. The van der Waals surface area contributed by atoms with Gasteiger partial charge in [-0.1, -0.05) is 30.3 Å². The zero-order valence-corrected chi connectivity index (χ0v) is 11.4. The largest absolute Gasteiger partial charge is 0.351 e. The van der Waals surface area contributed by atoms with E-state index in [1.165, 1.54) is 11.3 Å². The van der Waals surface area contributed by atoms with Crippen LogP contribution in [0.5, 0.6) is 0 Å². The van der Waals surface area contributed by atoms with Crippen molar-refractivity contribution >= 4 is 17.2 Å². The Morgan fingerprint density at radius 1 is 1.26 bits per heavy atom. The highest BCUT2D eigenvalue weighted by molar-refractivity contribution is 7.12. The molecule has 0 bridgehead atoms. The maximum Gasteiger partial charge on any atom is 0.261 e. The Morgan fingerprint density at radius 2 is 2.05 bits per heavy atom. The summed E-state index contributed by atoms with van der Waals surface area (Å²) in [6.07, 6.45) is 0.